The number of carbonyl (C=O) groups excluding carboxylic acids is 1. The van der Waals surface area contributed by atoms with Crippen molar-refractivity contribution >= 4 is 22.6 Å². The normalized spacial score (nSPS) is 13.7. The molecule has 1 amide bonds. The predicted octanol–water partition coefficient (Wildman–Crippen LogP) is 3.65. The highest BCUT2D eigenvalue weighted by Crippen LogP contribution is 2.36. The maximum atomic E-state index is 12.0. The third-order valence-electron chi connectivity index (χ3n) is 4.32. The third-order valence-corrected chi connectivity index (χ3v) is 4.32. The molecule has 1 aromatic heterocycles. The zero-order valence-electron chi connectivity index (χ0n) is 12.7. The SMILES string of the molecule is Cc1cccc2oc(=O)cc(-c3cccc4c3CCC(=O)N4)c12. The standard InChI is InChI=1S/C19H15NO3/c1-11-4-2-7-16-19(11)14(10-18(22)23-16)12-5-3-6-15-13(12)8-9-17(21)20-15/h2-7,10H,8-9H2,1H3,(H,20,21). The van der Waals surface area contributed by atoms with E-state index >= 15 is 0 Å². The lowest BCUT2D eigenvalue weighted by atomic mass is 9.90. The number of hydrogen-bond donors (Lipinski definition) is 1. The molecule has 0 spiro atoms. The maximum Gasteiger partial charge on any atom is 0.336 e. The van der Waals surface area contributed by atoms with Crippen molar-refractivity contribution in [2.24, 2.45) is 0 Å². The molecule has 0 saturated carbocycles. The zero-order valence-corrected chi connectivity index (χ0v) is 12.7. The number of carbonyl (C=O) groups is 1. The highest BCUT2D eigenvalue weighted by molar-refractivity contribution is 6.00. The van der Waals surface area contributed by atoms with E-state index in [0.717, 1.165) is 33.3 Å². The Balaban J connectivity index is 2.06. The van der Waals surface area contributed by atoms with Crippen LogP contribution in [0.2, 0.25) is 0 Å². The Kier molecular flexibility index (Phi) is 3.05. The summed E-state index contributed by atoms with van der Waals surface area (Å²) in [5.41, 5.74) is 5.02. The van der Waals surface area contributed by atoms with Gasteiger partial charge in [-0.25, -0.2) is 4.79 Å². The van der Waals surface area contributed by atoms with E-state index in [1.165, 1.54) is 0 Å². The molecule has 4 nitrogen and oxygen atoms in total. The second-order valence-electron chi connectivity index (χ2n) is 5.81. The van der Waals surface area contributed by atoms with Crippen LogP contribution in [0, 0.1) is 6.92 Å². The molecule has 0 unspecified atom stereocenters. The fraction of sp³-hybridized carbons (Fsp3) is 0.158. The van der Waals surface area contributed by atoms with E-state index in [1.807, 2.05) is 43.3 Å². The quantitative estimate of drug-likeness (QED) is 0.698. The lowest BCUT2D eigenvalue weighted by Crippen LogP contribution is -2.19. The first-order valence-electron chi connectivity index (χ1n) is 7.59. The van der Waals surface area contributed by atoms with Crippen molar-refractivity contribution < 1.29 is 9.21 Å². The van der Waals surface area contributed by atoms with Gasteiger partial charge in [0, 0.05) is 29.1 Å². The minimum absolute atomic E-state index is 0.0308. The highest BCUT2D eigenvalue weighted by atomic mass is 16.4. The van der Waals surface area contributed by atoms with Crippen LogP contribution in [0.15, 0.2) is 51.7 Å². The van der Waals surface area contributed by atoms with Crippen molar-refractivity contribution in [1.29, 1.82) is 0 Å². The summed E-state index contributed by atoms with van der Waals surface area (Å²) in [6.07, 6.45) is 1.13. The number of fused-ring (bicyclic) bond motifs is 2. The van der Waals surface area contributed by atoms with Crippen LogP contribution in [0.4, 0.5) is 5.69 Å². The summed E-state index contributed by atoms with van der Waals surface area (Å²) < 4.78 is 5.34. The van der Waals surface area contributed by atoms with Crippen LogP contribution >= 0.6 is 0 Å². The molecule has 4 heteroatoms. The Hall–Kier alpha value is -2.88. The largest absolute Gasteiger partial charge is 0.423 e. The average Bonchev–Trinajstić information content (AvgIpc) is 2.53. The number of aryl methyl sites for hydroxylation is 1. The Morgan fingerprint density at radius 2 is 1.83 bits per heavy atom. The molecule has 1 aliphatic heterocycles. The van der Waals surface area contributed by atoms with Crippen LogP contribution in [-0.2, 0) is 11.2 Å². The van der Waals surface area contributed by atoms with Crippen molar-refractivity contribution in [3.63, 3.8) is 0 Å². The number of hydrogen-bond acceptors (Lipinski definition) is 3. The van der Waals surface area contributed by atoms with Gasteiger partial charge < -0.3 is 9.73 Å². The lowest BCUT2D eigenvalue weighted by molar-refractivity contribution is -0.116. The monoisotopic (exact) mass is 305 g/mol. The lowest BCUT2D eigenvalue weighted by Gasteiger charge is -2.20. The fourth-order valence-corrected chi connectivity index (χ4v) is 3.29. The second kappa shape index (κ2) is 5.09. The Morgan fingerprint density at radius 3 is 2.70 bits per heavy atom. The van der Waals surface area contributed by atoms with Crippen LogP contribution in [0.3, 0.4) is 0 Å². The average molecular weight is 305 g/mol. The van der Waals surface area contributed by atoms with Gasteiger partial charge in [0.25, 0.3) is 0 Å². The molecule has 0 fully saturated rings. The van der Waals surface area contributed by atoms with Gasteiger partial charge in [0.05, 0.1) is 0 Å². The maximum absolute atomic E-state index is 12.0. The van der Waals surface area contributed by atoms with Crippen molar-refractivity contribution in [3.8, 4) is 11.1 Å². The number of rotatable bonds is 1. The minimum Gasteiger partial charge on any atom is -0.423 e. The van der Waals surface area contributed by atoms with Crippen LogP contribution in [0.5, 0.6) is 0 Å². The minimum atomic E-state index is -0.365. The van der Waals surface area contributed by atoms with E-state index in [1.54, 1.807) is 6.07 Å². The van der Waals surface area contributed by atoms with E-state index in [-0.39, 0.29) is 11.5 Å². The zero-order chi connectivity index (χ0) is 16.0. The molecule has 0 aliphatic carbocycles. The molecule has 23 heavy (non-hydrogen) atoms. The molecule has 1 aliphatic rings. The molecule has 2 aromatic carbocycles. The van der Waals surface area contributed by atoms with Crippen molar-refractivity contribution in [2.45, 2.75) is 19.8 Å². The van der Waals surface area contributed by atoms with Crippen LogP contribution in [-0.4, -0.2) is 5.91 Å². The smallest absolute Gasteiger partial charge is 0.336 e. The highest BCUT2D eigenvalue weighted by Gasteiger charge is 2.20. The number of nitrogens with one attached hydrogen (secondary N) is 1. The second-order valence-corrected chi connectivity index (χ2v) is 5.81. The van der Waals surface area contributed by atoms with Gasteiger partial charge in [-0.05, 0) is 42.2 Å². The van der Waals surface area contributed by atoms with Crippen LogP contribution < -0.4 is 10.9 Å². The number of anilines is 1. The first-order chi connectivity index (χ1) is 11.1. The van der Waals surface area contributed by atoms with E-state index in [4.69, 9.17) is 4.42 Å². The molecule has 1 N–H and O–H groups in total. The summed E-state index contributed by atoms with van der Waals surface area (Å²) in [6.45, 7) is 2.00. The van der Waals surface area contributed by atoms with Gasteiger partial charge in [0.1, 0.15) is 5.58 Å². The van der Waals surface area contributed by atoms with Gasteiger partial charge in [-0.1, -0.05) is 24.3 Å². The van der Waals surface area contributed by atoms with Gasteiger partial charge in [-0.3, -0.25) is 4.79 Å². The molecule has 0 atom stereocenters. The fourth-order valence-electron chi connectivity index (χ4n) is 3.29. The Morgan fingerprint density at radius 1 is 1.00 bits per heavy atom. The van der Waals surface area contributed by atoms with E-state index < -0.39 is 0 Å². The molecule has 0 saturated heterocycles. The first kappa shape index (κ1) is 13.8. The van der Waals surface area contributed by atoms with Gasteiger partial charge in [0.2, 0.25) is 5.91 Å². The molecule has 114 valence electrons. The van der Waals surface area contributed by atoms with Gasteiger partial charge in [-0.15, -0.1) is 0 Å². The summed E-state index contributed by atoms with van der Waals surface area (Å²) in [5, 5.41) is 3.85. The van der Waals surface area contributed by atoms with E-state index in [0.29, 0.717) is 18.4 Å². The Bertz CT molecular complexity index is 1000. The summed E-state index contributed by atoms with van der Waals surface area (Å²) in [5.74, 6) is 0.0308. The van der Waals surface area contributed by atoms with Gasteiger partial charge >= 0.3 is 5.63 Å². The number of benzene rings is 2. The number of amides is 1. The first-order valence-corrected chi connectivity index (χ1v) is 7.59. The van der Waals surface area contributed by atoms with E-state index in [9.17, 15) is 9.59 Å². The third kappa shape index (κ3) is 2.23. The van der Waals surface area contributed by atoms with Crippen molar-refractivity contribution in [2.75, 3.05) is 5.32 Å². The Labute approximate surface area is 132 Å². The molecule has 0 radical (unpaired) electrons. The topological polar surface area (TPSA) is 59.3 Å². The van der Waals surface area contributed by atoms with Gasteiger partial charge in [0.15, 0.2) is 0 Å². The molecule has 0 bridgehead atoms. The molecule has 3 aromatic rings. The summed E-state index contributed by atoms with van der Waals surface area (Å²) >= 11 is 0. The van der Waals surface area contributed by atoms with Crippen LogP contribution in [0.25, 0.3) is 22.1 Å². The van der Waals surface area contributed by atoms with Crippen molar-refractivity contribution in [1.82, 2.24) is 0 Å². The van der Waals surface area contributed by atoms with Gasteiger partial charge in [-0.2, -0.15) is 0 Å². The molecular weight excluding hydrogens is 290 g/mol. The summed E-state index contributed by atoms with van der Waals surface area (Å²) in [7, 11) is 0. The molecule has 2 heterocycles. The molecular formula is C19H15NO3. The summed E-state index contributed by atoms with van der Waals surface area (Å²) in [4.78, 5) is 23.6. The van der Waals surface area contributed by atoms with E-state index in [2.05, 4.69) is 5.32 Å². The predicted molar refractivity (Wildman–Crippen MR) is 89.6 cm³/mol. The molecule has 4 rings (SSSR count). The van der Waals surface area contributed by atoms with Crippen LogP contribution in [0.1, 0.15) is 17.5 Å². The van der Waals surface area contributed by atoms with Crippen molar-refractivity contribution in [3.05, 3.63) is 64.0 Å². The summed E-state index contributed by atoms with van der Waals surface area (Å²) in [6, 6.07) is 13.0.